The van der Waals surface area contributed by atoms with Gasteiger partial charge in [0.2, 0.25) is 0 Å². The van der Waals surface area contributed by atoms with Gasteiger partial charge < -0.3 is 9.47 Å². The Bertz CT molecular complexity index is 676. The largest absolute Gasteiger partial charge is 0.494 e. The van der Waals surface area contributed by atoms with Gasteiger partial charge in [-0.1, -0.05) is 18.7 Å². The second kappa shape index (κ2) is 8.82. The first-order chi connectivity index (χ1) is 11.6. The van der Waals surface area contributed by atoms with Gasteiger partial charge in [-0.2, -0.15) is 0 Å². The van der Waals surface area contributed by atoms with E-state index in [-0.39, 0.29) is 0 Å². The Morgan fingerprint density at radius 1 is 0.958 bits per heavy atom. The first kappa shape index (κ1) is 17.7. The van der Waals surface area contributed by atoms with Crippen molar-refractivity contribution in [1.29, 1.82) is 0 Å². The molecule has 0 amide bonds. The number of halogens is 2. The van der Waals surface area contributed by atoms with Crippen molar-refractivity contribution in [2.45, 2.75) is 12.8 Å². The van der Waals surface area contributed by atoms with E-state index in [0.717, 1.165) is 18.6 Å². The minimum Gasteiger partial charge on any atom is -0.494 e. The summed E-state index contributed by atoms with van der Waals surface area (Å²) in [5, 5.41) is 0. The molecule has 5 heteroatoms. The van der Waals surface area contributed by atoms with Crippen molar-refractivity contribution in [2.75, 3.05) is 13.2 Å². The van der Waals surface area contributed by atoms with E-state index in [9.17, 15) is 13.6 Å². The second-order valence-corrected chi connectivity index (χ2v) is 5.11. The normalized spacial score (nSPS) is 10.2. The van der Waals surface area contributed by atoms with Crippen molar-refractivity contribution in [3.8, 4) is 16.9 Å². The molecule has 0 aliphatic rings. The Balaban J connectivity index is 1.80. The predicted octanol–water partition coefficient (Wildman–Crippen LogP) is 4.52. The average molecular weight is 332 g/mol. The Morgan fingerprint density at radius 2 is 1.58 bits per heavy atom. The Labute approximate surface area is 139 Å². The van der Waals surface area contributed by atoms with Crippen LogP contribution < -0.4 is 4.74 Å². The molecule has 0 bridgehead atoms. The lowest BCUT2D eigenvalue weighted by atomic mass is 10.1. The van der Waals surface area contributed by atoms with Crippen LogP contribution in [0.3, 0.4) is 0 Å². The molecule has 2 aromatic rings. The van der Waals surface area contributed by atoms with Crippen LogP contribution in [-0.2, 0) is 9.53 Å². The molecule has 0 spiro atoms. The van der Waals surface area contributed by atoms with E-state index in [1.165, 1.54) is 12.1 Å². The van der Waals surface area contributed by atoms with Crippen LogP contribution in [0.2, 0.25) is 0 Å². The van der Waals surface area contributed by atoms with Crippen LogP contribution >= 0.6 is 0 Å². The molecule has 126 valence electrons. The molecule has 2 aromatic carbocycles. The smallest absolute Gasteiger partial charge is 0.330 e. The number of esters is 1. The summed E-state index contributed by atoms with van der Waals surface area (Å²) in [6, 6.07) is 10.4. The fourth-order valence-corrected chi connectivity index (χ4v) is 2.09. The highest BCUT2D eigenvalue weighted by Gasteiger charge is 2.04. The third kappa shape index (κ3) is 5.50. The van der Waals surface area contributed by atoms with Gasteiger partial charge in [0.1, 0.15) is 17.4 Å². The molecule has 0 radical (unpaired) electrons. The van der Waals surface area contributed by atoms with Gasteiger partial charge in [-0.05, 0) is 48.2 Å². The van der Waals surface area contributed by atoms with E-state index in [2.05, 4.69) is 6.58 Å². The minimum atomic E-state index is -0.609. The lowest BCUT2D eigenvalue weighted by Gasteiger charge is -2.08. The number of carbonyl (C=O) groups excluding carboxylic acids is 1. The van der Waals surface area contributed by atoms with Gasteiger partial charge in [0.15, 0.2) is 0 Å². The highest BCUT2D eigenvalue weighted by molar-refractivity contribution is 5.81. The van der Waals surface area contributed by atoms with Crippen LogP contribution in [0.4, 0.5) is 8.78 Å². The third-order valence-corrected chi connectivity index (χ3v) is 3.27. The van der Waals surface area contributed by atoms with E-state index in [1.54, 1.807) is 24.3 Å². The van der Waals surface area contributed by atoms with Crippen molar-refractivity contribution in [1.82, 2.24) is 0 Å². The summed E-state index contributed by atoms with van der Waals surface area (Å²) < 4.78 is 36.9. The van der Waals surface area contributed by atoms with Gasteiger partial charge in [0.25, 0.3) is 0 Å². The molecule has 0 saturated heterocycles. The quantitative estimate of drug-likeness (QED) is 0.405. The number of unbranched alkanes of at least 4 members (excludes halogenated alkanes) is 1. The molecule has 0 N–H and O–H groups in total. The van der Waals surface area contributed by atoms with Gasteiger partial charge in [-0.15, -0.1) is 0 Å². The second-order valence-electron chi connectivity index (χ2n) is 5.11. The molecule has 0 aliphatic heterocycles. The monoisotopic (exact) mass is 332 g/mol. The summed E-state index contributed by atoms with van der Waals surface area (Å²) in [4.78, 5) is 10.8. The van der Waals surface area contributed by atoms with Crippen molar-refractivity contribution in [3.05, 3.63) is 66.8 Å². The Morgan fingerprint density at radius 3 is 2.21 bits per heavy atom. The zero-order valence-electron chi connectivity index (χ0n) is 13.1. The Hall–Kier alpha value is -2.69. The number of carbonyl (C=O) groups is 1. The summed E-state index contributed by atoms with van der Waals surface area (Å²) in [5.74, 6) is -0.982. The van der Waals surface area contributed by atoms with E-state index in [4.69, 9.17) is 9.47 Å². The molecule has 24 heavy (non-hydrogen) atoms. The van der Waals surface area contributed by atoms with Crippen LogP contribution in [0.15, 0.2) is 55.1 Å². The third-order valence-electron chi connectivity index (χ3n) is 3.27. The fraction of sp³-hybridized carbons (Fsp3) is 0.211. The van der Waals surface area contributed by atoms with Gasteiger partial charge in [-0.25, -0.2) is 13.6 Å². The molecular weight excluding hydrogens is 314 g/mol. The van der Waals surface area contributed by atoms with Gasteiger partial charge >= 0.3 is 5.97 Å². The van der Waals surface area contributed by atoms with Gasteiger partial charge in [0.05, 0.1) is 13.2 Å². The van der Waals surface area contributed by atoms with Gasteiger partial charge in [-0.3, -0.25) is 0 Å². The predicted molar refractivity (Wildman–Crippen MR) is 87.7 cm³/mol. The number of hydrogen-bond acceptors (Lipinski definition) is 3. The lowest BCUT2D eigenvalue weighted by molar-refractivity contribution is -0.137. The number of rotatable bonds is 8. The first-order valence-electron chi connectivity index (χ1n) is 7.57. The van der Waals surface area contributed by atoms with Crippen molar-refractivity contribution in [3.63, 3.8) is 0 Å². The minimum absolute atomic E-state index is 0.332. The van der Waals surface area contributed by atoms with E-state index < -0.39 is 17.6 Å². The topological polar surface area (TPSA) is 35.5 Å². The van der Waals surface area contributed by atoms with Crippen molar-refractivity contribution in [2.24, 2.45) is 0 Å². The zero-order valence-corrected chi connectivity index (χ0v) is 13.1. The van der Waals surface area contributed by atoms with Crippen LogP contribution in [-0.4, -0.2) is 19.2 Å². The van der Waals surface area contributed by atoms with E-state index in [1.807, 2.05) is 0 Å². The van der Waals surface area contributed by atoms with Crippen molar-refractivity contribution >= 4 is 5.97 Å². The maximum atomic E-state index is 13.2. The maximum absolute atomic E-state index is 13.2. The lowest BCUT2D eigenvalue weighted by Crippen LogP contribution is -2.04. The summed E-state index contributed by atoms with van der Waals surface area (Å²) in [6.07, 6.45) is 2.56. The zero-order chi connectivity index (χ0) is 17.4. The fourth-order valence-electron chi connectivity index (χ4n) is 2.09. The highest BCUT2D eigenvalue weighted by Crippen LogP contribution is 2.24. The van der Waals surface area contributed by atoms with Crippen LogP contribution in [0.5, 0.6) is 5.75 Å². The number of ether oxygens (including phenoxy) is 2. The summed E-state index contributed by atoms with van der Waals surface area (Å²) in [7, 11) is 0. The van der Waals surface area contributed by atoms with E-state index >= 15 is 0 Å². The Kier molecular flexibility index (Phi) is 6.49. The SMILES string of the molecule is C=CC(=O)OCCCCOc1ccc(-c2cc(F)cc(F)c2)cc1. The van der Waals surface area contributed by atoms with Crippen LogP contribution in [0.1, 0.15) is 12.8 Å². The van der Waals surface area contributed by atoms with Gasteiger partial charge in [0, 0.05) is 12.1 Å². The molecule has 0 aliphatic carbocycles. The molecule has 0 unspecified atom stereocenters. The van der Waals surface area contributed by atoms with Crippen LogP contribution in [0.25, 0.3) is 11.1 Å². The average Bonchev–Trinajstić information content (AvgIpc) is 2.57. The number of benzene rings is 2. The highest BCUT2D eigenvalue weighted by atomic mass is 19.1. The molecule has 0 fully saturated rings. The number of hydrogen-bond donors (Lipinski definition) is 0. The molecule has 3 nitrogen and oxygen atoms in total. The summed E-state index contributed by atoms with van der Waals surface area (Å²) in [6.45, 7) is 4.13. The summed E-state index contributed by atoms with van der Waals surface area (Å²) >= 11 is 0. The molecule has 2 rings (SSSR count). The molecule has 0 heterocycles. The summed E-state index contributed by atoms with van der Waals surface area (Å²) in [5.41, 5.74) is 1.18. The standard InChI is InChI=1S/C19H18F2O3/c1-2-19(22)24-10-4-3-9-23-18-7-5-14(6-8-18)15-11-16(20)13-17(21)12-15/h2,5-8,11-13H,1,3-4,9-10H2. The molecular formula is C19H18F2O3. The van der Waals surface area contributed by atoms with E-state index in [0.29, 0.717) is 36.5 Å². The van der Waals surface area contributed by atoms with Crippen LogP contribution in [0, 0.1) is 11.6 Å². The van der Waals surface area contributed by atoms with Crippen molar-refractivity contribution < 1.29 is 23.0 Å². The molecule has 0 aromatic heterocycles. The molecule has 0 atom stereocenters. The molecule has 0 saturated carbocycles. The first-order valence-corrected chi connectivity index (χ1v) is 7.57. The maximum Gasteiger partial charge on any atom is 0.330 e.